The predicted octanol–water partition coefficient (Wildman–Crippen LogP) is 1.94. The fourth-order valence-corrected chi connectivity index (χ4v) is 2.21. The minimum Gasteiger partial charge on any atom is -0.493 e. The maximum atomic E-state index is 5.79. The van der Waals surface area contributed by atoms with Gasteiger partial charge in [-0.1, -0.05) is 18.2 Å². The molecule has 100 valence electrons. The molecular weight excluding hydrogens is 228 g/mol. The Labute approximate surface area is 108 Å². The molecule has 0 saturated heterocycles. The van der Waals surface area contributed by atoms with Gasteiger partial charge in [-0.3, -0.25) is 11.3 Å². The molecule has 1 aliphatic rings. The summed E-state index contributed by atoms with van der Waals surface area (Å²) in [4.78, 5) is 0. The molecule has 0 spiro atoms. The van der Waals surface area contributed by atoms with Crippen LogP contribution in [0.4, 0.5) is 0 Å². The number of fused-ring (bicyclic) bond motifs is 1. The number of benzene rings is 1. The van der Waals surface area contributed by atoms with Crippen molar-refractivity contribution in [1.82, 2.24) is 5.43 Å². The van der Waals surface area contributed by atoms with Gasteiger partial charge >= 0.3 is 0 Å². The first kappa shape index (κ1) is 13.3. The van der Waals surface area contributed by atoms with E-state index in [1.165, 1.54) is 5.56 Å². The Bertz CT molecular complexity index is 393. The van der Waals surface area contributed by atoms with Gasteiger partial charge in [0.15, 0.2) is 0 Å². The number of hydrogen-bond donors (Lipinski definition) is 2. The van der Waals surface area contributed by atoms with E-state index in [9.17, 15) is 0 Å². The van der Waals surface area contributed by atoms with Crippen molar-refractivity contribution in [2.75, 3.05) is 13.2 Å². The Morgan fingerprint density at radius 2 is 2.28 bits per heavy atom. The van der Waals surface area contributed by atoms with E-state index in [-0.39, 0.29) is 12.1 Å². The van der Waals surface area contributed by atoms with Gasteiger partial charge in [-0.25, -0.2) is 0 Å². The topological polar surface area (TPSA) is 56.5 Å². The zero-order chi connectivity index (χ0) is 13.0. The molecule has 1 aromatic carbocycles. The minimum absolute atomic E-state index is 0.0274. The number of ether oxygens (including phenoxy) is 2. The van der Waals surface area contributed by atoms with Crippen LogP contribution in [0, 0.1) is 0 Å². The van der Waals surface area contributed by atoms with Crippen molar-refractivity contribution >= 4 is 0 Å². The van der Waals surface area contributed by atoms with Gasteiger partial charge in [0.1, 0.15) is 5.75 Å². The molecule has 0 aliphatic carbocycles. The van der Waals surface area contributed by atoms with E-state index in [0.29, 0.717) is 6.61 Å². The van der Waals surface area contributed by atoms with Gasteiger partial charge in [0, 0.05) is 5.56 Å². The summed E-state index contributed by atoms with van der Waals surface area (Å²) < 4.78 is 11.4. The zero-order valence-corrected chi connectivity index (χ0v) is 11.1. The molecule has 4 nitrogen and oxygen atoms in total. The highest BCUT2D eigenvalue weighted by Crippen LogP contribution is 2.32. The highest BCUT2D eigenvalue weighted by Gasteiger charge is 2.20. The molecule has 0 fully saturated rings. The highest BCUT2D eigenvalue weighted by atomic mass is 16.5. The van der Waals surface area contributed by atoms with Crippen LogP contribution in [0.25, 0.3) is 0 Å². The first-order chi connectivity index (χ1) is 8.72. The molecule has 0 radical (unpaired) electrons. The third kappa shape index (κ3) is 3.02. The highest BCUT2D eigenvalue weighted by molar-refractivity contribution is 5.44. The zero-order valence-electron chi connectivity index (χ0n) is 11.1. The van der Waals surface area contributed by atoms with Crippen molar-refractivity contribution in [3.8, 4) is 5.75 Å². The average Bonchev–Trinajstić information content (AvgIpc) is 2.39. The lowest BCUT2D eigenvalue weighted by Crippen LogP contribution is -2.33. The largest absolute Gasteiger partial charge is 0.493 e. The average molecular weight is 250 g/mol. The van der Waals surface area contributed by atoms with Crippen LogP contribution in [0.2, 0.25) is 0 Å². The van der Waals surface area contributed by atoms with Crippen LogP contribution >= 0.6 is 0 Å². The molecule has 1 unspecified atom stereocenters. The molecular formula is C14H22N2O2. The normalized spacial score (nSPS) is 16.2. The Hall–Kier alpha value is -1.10. The number of hydrazine groups is 1. The quantitative estimate of drug-likeness (QED) is 0.619. The Morgan fingerprint density at radius 1 is 1.44 bits per heavy atom. The lowest BCUT2D eigenvalue weighted by atomic mass is 9.98. The third-order valence-corrected chi connectivity index (χ3v) is 3.14. The maximum Gasteiger partial charge on any atom is 0.127 e. The predicted molar refractivity (Wildman–Crippen MR) is 71.4 cm³/mol. The fourth-order valence-electron chi connectivity index (χ4n) is 2.21. The van der Waals surface area contributed by atoms with Crippen molar-refractivity contribution in [1.29, 1.82) is 0 Å². The molecule has 3 N–H and O–H groups in total. The Kier molecular flexibility index (Phi) is 4.58. The molecule has 0 amide bonds. The van der Waals surface area contributed by atoms with Crippen molar-refractivity contribution in [2.24, 2.45) is 5.84 Å². The fraction of sp³-hybridized carbons (Fsp3) is 0.571. The van der Waals surface area contributed by atoms with Crippen LogP contribution in [0.1, 0.15) is 37.4 Å². The van der Waals surface area contributed by atoms with Gasteiger partial charge in [-0.05, 0) is 32.3 Å². The monoisotopic (exact) mass is 250 g/mol. The van der Waals surface area contributed by atoms with E-state index in [4.69, 9.17) is 15.3 Å². The summed E-state index contributed by atoms with van der Waals surface area (Å²) in [6, 6.07) is 6.20. The van der Waals surface area contributed by atoms with Crippen molar-refractivity contribution in [3.63, 3.8) is 0 Å². The van der Waals surface area contributed by atoms with Crippen LogP contribution in [0.15, 0.2) is 18.2 Å². The molecule has 1 aromatic rings. The molecule has 1 atom stereocenters. The SMILES string of the molecule is CC(C)OCC(NN)c1cccc2c1OCCC2. The minimum atomic E-state index is -0.0274. The number of rotatable bonds is 5. The second-order valence-corrected chi connectivity index (χ2v) is 4.89. The van der Waals surface area contributed by atoms with Crippen molar-refractivity contribution in [2.45, 2.75) is 38.8 Å². The molecule has 4 heteroatoms. The van der Waals surface area contributed by atoms with E-state index in [1.54, 1.807) is 0 Å². The smallest absolute Gasteiger partial charge is 0.127 e. The van der Waals surface area contributed by atoms with Gasteiger partial charge in [-0.2, -0.15) is 0 Å². The lowest BCUT2D eigenvalue weighted by molar-refractivity contribution is 0.0603. The second-order valence-electron chi connectivity index (χ2n) is 4.89. The van der Waals surface area contributed by atoms with Crippen LogP contribution in [0.5, 0.6) is 5.75 Å². The third-order valence-electron chi connectivity index (χ3n) is 3.14. The molecule has 1 aliphatic heterocycles. The maximum absolute atomic E-state index is 5.79. The van der Waals surface area contributed by atoms with E-state index in [2.05, 4.69) is 23.6 Å². The Balaban J connectivity index is 2.19. The molecule has 0 aromatic heterocycles. The second kappa shape index (κ2) is 6.18. The van der Waals surface area contributed by atoms with Crippen LogP contribution in [-0.2, 0) is 11.2 Å². The molecule has 18 heavy (non-hydrogen) atoms. The van der Waals surface area contributed by atoms with Crippen LogP contribution < -0.4 is 16.0 Å². The summed E-state index contributed by atoms with van der Waals surface area (Å²) in [5.74, 6) is 6.62. The first-order valence-electron chi connectivity index (χ1n) is 6.54. The van der Waals surface area contributed by atoms with Gasteiger partial charge in [0.25, 0.3) is 0 Å². The number of nitrogens with one attached hydrogen (secondary N) is 1. The Morgan fingerprint density at radius 3 is 3.00 bits per heavy atom. The van der Waals surface area contributed by atoms with Crippen LogP contribution in [-0.4, -0.2) is 19.3 Å². The van der Waals surface area contributed by atoms with Gasteiger partial charge in [0.05, 0.1) is 25.4 Å². The van der Waals surface area contributed by atoms with E-state index >= 15 is 0 Å². The summed E-state index contributed by atoms with van der Waals surface area (Å²) in [5.41, 5.74) is 5.18. The van der Waals surface area contributed by atoms with E-state index in [1.807, 2.05) is 13.8 Å². The van der Waals surface area contributed by atoms with E-state index < -0.39 is 0 Å². The molecule has 2 rings (SSSR count). The van der Waals surface area contributed by atoms with Gasteiger partial charge in [-0.15, -0.1) is 0 Å². The lowest BCUT2D eigenvalue weighted by Gasteiger charge is -2.25. The summed E-state index contributed by atoms with van der Waals surface area (Å²) in [6.07, 6.45) is 2.35. The number of nitrogens with two attached hydrogens (primary N) is 1. The summed E-state index contributed by atoms with van der Waals surface area (Å²) in [5, 5.41) is 0. The summed E-state index contributed by atoms with van der Waals surface area (Å²) >= 11 is 0. The standard InChI is InChI=1S/C14H22N2O2/c1-10(2)18-9-13(16-15)12-7-3-5-11-6-4-8-17-14(11)12/h3,5,7,10,13,16H,4,6,8-9,15H2,1-2H3. The first-order valence-corrected chi connectivity index (χ1v) is 6.54. The molecule has 1 heterocycles. The molecule has 0 bridgehead atoms. The van der Waals surface area contributed by atoms with Gasteiger partial charge in [0.2, 0.25) is 0 Å². The van der Waals surface area contributed by atoms with Crippen molar-refractivity contribution in [3.05, 3.63) is 29.3 Å². The number of aryl methyl sites for hydroxylation is 1. The van der Waals surface area contributed by atoms with Crippen molar-refractivity contribution < 1.29 is 9.47 Å². The number of para-hydroxylation sites is 1. The summed E-state index contributed by atoms with van der Waals surface area (Å²) in [7, 11) is 0. The van der Waals surface area contributed by atoms with Crippen LogP contribution in [0.3, 0.4) is 0 Å². The van der Waals surface area contributed by atoms with Gasteiger partial charge < -0.3 is 9.47 Å². The molecule has 0 saturated carbocycles. The number of hydrogen-bond acceptors (Lipinski definition) is 4. The summed E-state index contributed by atoms with van der Waals surface area (Å²) in [6.45, 7) is 5.37. The van der Waals surface area contributed by atoms with E-state index in [0.717, 1.165) is 30.8 Å².